The van der Waals surface area contributed by atoms with Crippen LogP contribution in [-0.4, -0.2) is 12.5 Å². The Bertz CT molecular complexity index is 401. The van der Waals surface area contributed by atoms with Gasteiger partial charge in [-0.2, -0.15) is 0 Å². The van der Waals surface area contributed by atoms with Gasteiger partial charge in [0.05, 0.1) is 6.54 Å². The standard InChI is InChI=1S/C11H13N3/c12-11(13)14-7-8-5-9-3-1-2-4-10(9)6-8/h1-5H,6-7H2,(H4,12,13,14). The lowest BCUT2D eigenvalue weighted by molar-refractivity contribution is 1.06. The number of hydrogen-bond acceptors (Lipinski definition) is 1. The summed E-state index contributed by atoms with van der Waals surface area (Å²) in [6, 6.07) is 8.33. The molecule has 0 bridgehead atoms. The van der Waals surface area contributed by atoms with Gasteiger partial charge in [-0.15, -0.1) is 0 Å². The number of benzene rings is 1. The van der Waals surface area contributed by atoms with Crippen molar-refractivity contribution >= 4 is 12.0 Å². The zero-order chi connectivity index (χ0) is 9.97. The van der Waals surface area contributed by atoms with E-state index in [-0.39, 0.29) is 5.96 Å². The van der Waals surface area contributed by atoms with Crippen LogP contribution >= 0.6 is 0 Å². The van der Waals surface area contributed by atoms with E-state index in [1.807, 2.05) is 6.07 Å². The third-order valence-electron chi connectivity index (χ3n) is 2.30. The molecule has 0 spiro atoms. The predicted octanol–water partition coefficient (Wildman–Crippen LogP) is 0.899. The summed E-state index contributed by atoms with van der Waals surface area (Å²) in [6.45, 7) is 0.608. The van der Waals surface area contributed by atoms with E-state index >= 15 is 0 Å². The minimum absolute atomic E-state index is 0.154. The van der Waals surface area contributed by atoms with Crippen molar-refractivity contribution in [3.05, 3.63) is 41.0 Å². The van der Waals surface area contributed by atoms with Gasteiger partial charge in [0.15, 0.2) is 5.96 Å². The number of guanidine groups is 1. The molecule has 1 aromatic rings. The molecule has 0 radical (unpaired) electrons. The van der Waals surface area contributed by atoms with Crippen molar-refractivity contribution in [1.29, 1.82) is 0 Å². The second-order valence-corrected chi connectivity index (χ2v) is 3.42. The molecule has 0 aromatic heterocycles. The lowest BCUT2D eigenvalue weighted by Crippen LogP contribution is -2.23. The zero-order valence-corrected chi connectivity index (χ0v) is 7.90. The van der Waals surface area contributed by atoms with E-state index in [9.17, 15) is 0 Å². The Morgan fingerprint density at radius 3 is 2.79 bits per heavy atom. The smallest absolute Gasteiger partial charge is 0.186 e. The van der Waals surface area contributed by atoms with E-state index in [4.69, 9.17) is 11.5 Å². The molecule has 0 aliphatic heterocycles. The van der Waals surface area contributed by atoms with Crippen LogP contribution in [0, 0.1) is 0 Å². The highest BCUT2D eigenvalue weighted by atomic mass is 15.0. The summed E-state index contributed by atoms with van der Waals surface area (Å²) in [6.07, 6.45) is 3.12. The topological polar surface area (TPSA) is 64.4 Å². The van der Waals surface area contributed by atoms with E-state index in [0.29, 0.717) is 6.54 Å². The van der Waals surface area contributed by atoms with Crippen molar-refractivity contribution in [2.45, 2.75) is 6.42 Å². The molecule has 0 heterocycles. The van der Waals surface area contributed by atoms with Crippen LogP contribution in [-0.2, 0) is 6.42 Å². The Morgan fingerprint density at radius 1 is 1.29 bits per heavy atom. The lowest BCUT2D eigenvalue weighted by Gasteiger charge is -1.97. The van der Waals surface area contributed by atoms with Gasteiger partial charge in [-0.1, -0.05) is 30.3 Å². The van der Waals surface area contributed by atoms with Crippen LogP contribution in [0.4, 0.5) is 0 Å². The minimum atomic E-state index is 0.154. The molecule has 0 saturated heterocycles. The van der Waals surface area contributed by atoms with Gasteiger partial charge in [0, 0.05) is 0 Å². The number of hydrogen-bond donors (Lipinski definition) is 2. The molecule has 0 saturated carbocycles. The first-order chi connectivity index (χ1) is 6.75. The number of nitrogens with zero attached hydrogens (tertiary/aromatic N) is 1. The van der Waals surface area contributed by atoms with Gasteiger partial charge in [-0.25, -0.2) is 4.99 Å². The van der Waals surface area contributed by atoms with Gasteiger partial charge in [0.2, 0.25) is 0 Å². The quantitative estimate of drug-likeness (QED) is 0.533. The molecule has 0 amide bonds. The molecule has 1 aliphatic rings. The van der Waals surface area contributed by atoms with Crippen molar-refractivity contribution in [3.63, 3.8) is 0 Å². The molecule has 1 aromatic carbocycles. The first-order valence-electron chi connectivity index (χ1n) is 4.58. The fraction of sp³-hybridized carbons (Fsp3) is 0.182. The van der Waals surface area contributed by atoms with Crippen LogP contribution in [0.15, 0.2) is 34.8 Å². The summed E-state index contributed by atoms with van der Waals surface area (Å²) in [7, 11) is 0. The highest BCUT2D eigenvalue weighted by molar-refractivity contribution is 5.76. The predicted molar refractivity (Wildman–Crippen MR) is 58.8 cm³/mol. The molecule has 2 rings (SSSR count). The Kier molecular flexibility index (Phi) is 2.23. The van der Waals surface area contributed by atoms with E-state index in [1.54, 1.807) is 0 Å². The van der Waals surface area contributed by atoms with Crippen molar-refractivity contribution in [3.8, 4) is 0 Å². The number of nitrogens with two attached hydrogens (primary N) is 2. The normalized spacial score (nSPS) is 13.3. The average Bonchev–Trinajstić information content (AvgIpc) is 2.57. The maximum absolute atomic E-state index is 5.28. The highest BCUT2D eigenvalue weighted by Crippen LogP contribution is 2.24. The van der Waals surface area contributed by atoms with Gasteiger partial charge < -0.3 is 11.5 Å². The van der Waals surface area contributed by atoms with Gasteiger partial charge in [-0.3, -0.25) is 0 Å². The Hall–Kier alpha value is -1.77. The molecular weight excluding hydrogens is 174 g/mol. The van der Waals surface area contributed by atoms with Crippen LogP contribution in [0.2, 0.25) is 0 Å². The molecule has 3 nitrogen and oxygen atoms in total. The molecular formula is C11H13N3. The number of fused-ring (bicyclic) bond motifs is 1. The van der Waals surface area contributed by atoms with Crippen LogP contribution < -0.4 is 11.5 Å². The summed E-state index contributed by atoms with van der Waals surface area (Å²) in [5.41, 5.74) is 14.5. The van der Waals surface area contributed by atoms with Crippen molar-refractivity contribution < 1.29 is 0 Å². The molecule has 3 heteroatoms. The summed E-state index contributed by atoms with van der Waals surface area (Å²) in [4.78, 5) is 3.99. The fourth-order valence-corrected chi connectivity index (χ4v) is 1.65. The van der Waals surface area contributed by atoms with Crippen molar-refractivity contribution in [2.75, 3.05) is 6.54 Å². The first-order valence-corrected chi connectivity index (χ1v) is 4.58. The largest absolute Gasteiger partial charge is 0.370 e. The molecule has 0 fully saturated rings. The number of aliphatic imine (C=N–C) groups is 1. The Balaban J connectivity index is 2.12. The molecule has 0 unspecified atom stereocenters. The van der Waals surface area contributed by atoms with Crippen LogP contribution in [0.25, 0.3) is 6.08 Å². The Morgan fingerprint density at radius 2 is 2.07 bits per heavy atom. The summed E-state index contributed by atoms with van der Waals surface area (Å²) in [5, 5.41) is 0. The second kappa shape index (κ2) is 3.54. The summed E-state index contributed by atoms with van der Waals surface area (Å²) in [5.74, 6) is 0.154. The monoisotopic (exact) mass is 187 g/mol. The minimum Gasteiger partial charge on any atom is -0.370 e. The fourth-order valence-electron chi connectivity index (χ4n) is 1.65. The Labute approximate surface area is 83.1 Å². The molecule has 1 aliphatic carbocycles. The molecule has 4 N–H and O–H groups in total. The SMILES string of the molecule is NC(N)=NCC1=Cc2ccccc2C1. The maximum Gasteiger partial charge on any atom is 0.186 e. The van der Waals surface area contributed by atoms with E-state index < -0.39 is 0 Å². The average molecular weight is 187 g/mol. The maximum atomic E-state index is 5.28. The highest BCUT2D eigenvalue weighted by Gasteiger charge is 2.10. The lowest BCUT2D eigenvalue weighted by atomic mass is 10.1. The zero-order valence-electron chi connectivity index (χ0n) is 7.90. The van der Waals surface area contributed by atoms with Gasteiger partial charge in [-0.05, 0) is 23.1 Å². The third-order valence-corrected chi connectivity index (χ3v) is 2.30. The summed E-state index contributed by atoms with van der Waals surface area (Å²) >= 11 is 0. The van der Waals surface area contributed by atoms with E-state index in [1.165, 1.54) is 16.7 Å². The van der Waals surface area contributed by atoms with Gasteiger partial charge in [0.1, 0.15) is 0 Å². The molecule has 14 heavy (non-hydrogen) atoms. The second-order valence-electron chi connectivity index (χ2n) is 3.42. The molecule has 0 atom stereocenters. The number of rotatable bonds is 2. The van der Waals surface area contributed by atoms with Crippen molar-refractivity contribution in [2.24, 2.45) is 16.5 Å². The summed E-state index contributed by atoms with van der Waals surface area (Å²) < 4.78 is 0. The van der Waals surface area contributed by atoms with Crippen LogP contribution in [0.5, 0.6) is 0 Å². The first kappa shape index (κ1) is 8.81. The van der Waals surface area contributed by atoms with Crippen LogP contribution in [0.1, 0.15) is 11.1 Å². The van der Waals surface area contributed by atoms with E-state index in [2.05, 4.69) is 29.3 Å². The van der Waals surface area contributed by atoms with Gasteiger partial charge in [0.25, 0.3) is 0 Å². The molecule has 72 valence electrons. The van der Waals surface area contributed by atoms with Crippen molar-refractivity contribution in [1.82, 2.24) is 0 Å². The van der Waals surface area contributed by atoms with Crippen LogP contribution in [0.3, 0.4) is 0 Å². The van der Waals surface area contributed by atoms with Gasteiger partial charge >= 0.3 is 0 Å². The van der Waals surface area contributed by atoms with E-state index in [0.717, 1.165) is 6.42 Å². The third kappa shape index (κ3) is 1.76.